The third-order valence-corrected chi connectivity index (χ3v) is 2.43. The summed E-state index contributed by atoms with van der Waals surface area (Å²) in [7, 11) is 1.46. The summed E-state index contributed by atoms with van der Waals surface area (Å²) in [4.78, 5) is 10.9. The van der Waals surface area contributed by atoms with E-state index in [1.807, 2.05) is 6.07 Å². The molecule has 5 heteroatoms. The number of rotatable bonds is 2. The standard InChI is InChI=1S/C10H8BrNO3/c1-6(13)15-10-8(14-2)4-3-7(5-12)9(10)11/h3-4H,1-2H3. The van der Waals surface area contributed by atoms with Crippen molar-refractivity contribution >= 4 is 21.9 Å². The van der Waals surface area contributed by atoms with Gasteiger partial charge in [0, 0.05) is 6.92 Å². The van der Waals surface area contributed by atoms with E-state index in [1.165, 1.54) is 14.0 Å². The molecule has 0 aliphatic rings. The topological polar surface area (TPSA) is 59.3 Å². The highest BCUT2D eigenvalue weighted by Gasteiger charge is 2.14. The van der Waals surface area contributed by atoms with Crippen LogP contribution in [-0.4, -0.2) is 13.1 Å². The van der Waals surface area contributed by atoms with Crippen LogP contribution in [0.5, 0.6) is 11.5 Å². The lowest BCUT2D eigenvalue weighted by molar-refractivity contribution is -0.132. The minimum absolute atomic E-state index is 0.226. The first-order valence-electron chi connectivity index (χ1n) is 4.05. The Balaban J connectivity index is 3.30. The average molecular weight is 270 g/mol. The Labute approximate surface area is 95.5 Å². The molecule has 0 spiro atoms. The van der Waals surface area contributed by atoms with Crippen LogP contribution in [0, 0.1) is 11.3 Å². The fraction of sp³-hybridized carbons (Fsp3) is 0.200. The predicted octanol–water partition coefficient (Wildman–Crippen LogP) is 2.25. The summed E-state index contributed by atoms with van der Waals surface area (Å²) >= 11 is 3.18. The molecular weight excluding hydrogens is 262 g/mol. The Kier molecular flexibility index (Phi) is 3.69. The molecule has 0 aliphatic heterocycles. The number of halogens is 1. The number of hydrogen-bond acceptors (Lipinski definition) is 4. The Morgan fingerprint density at radius 1 is 1.53 bits per heavy atom. The molecule has 1 aromatic rings. The molecule has 0 radical (unpaired) electrons. The first-order chi connectivity index (χ1) is 7.10. The molecule has 0 saturated heterocycles. The van der Waals surface area contributed by atoms with Gasteiger partial charge in [-0.2, -0.15) is 5.26 Å². The van der Waals surface area contributed by atoms with E-state index in [0.29, 0.717) is 15.8 Å². The lowest BCUT2D eigenvalue weighted by Crippen LogP contribution is -2.04. The number of ether oxygens (including phenoxy) is 2. The van der Waals surface area contributed by atoms with E-state index in [2.05, 4.69) is 15.9 Å². The Bertz CT molecular complexity index is 437. The van der Waals surface area contributed by atoms with Crippen molar-refractivity contribution in [1.29, 1.82) is 5.26 Å². The number of hydrogen-bond donors (Lipinski definition) is 0. The zero-order chi connectivity index (χ0) is 11.4. The number of nitrogens with zero attached hydrogens (tertiary/aromatic N) is 1. The second-order valence-electron chi connectivity index (χ2n) is 2.66. The zero-order valence-electron chi connectivity index (χ0n) is 8.20. The molecular formula is C10H8BrNO3. The largest absolute Gasteiger partial charge is 0.493 e. The average Bonchev–Trinajstić information content (AvgIpc) is 2.20. The van der Waals surface area contributed by atoms with Crippen LogP contribution in [0.15, 0.2) is 16.6 Å². The fourth-order valence-electron chi connectivity index (χ4n) is 1.02. The van der Waals surface area contributed by atoms with E-state index < -0.39 is 5.97 Å². The molecule has 1 rings (SSSR count). The number of benzene rings is 1. The van der Waals surface area contributed by atoms with Crippen molar-refractivity contribution in [3.63, 3.8) is 0 Å². The summed E-state index contributed by atoms with van der Waals surface area (Å²) in [6, 6.07) is 5.12. The Hall–Kier alpha value is -1.54. The molecule has 0 saturated carbocycles. The quantitative estimate of drug-likeness (QED) is 0.611. The van der Waals surface area contributed by atoms with Crippen molar-refractivity contribution in [1.82, 2.24) is 0 Å². The summed E-state index contributed by atoms with van der Waals surface area (Å²) in [5.74, 6) is 0.157. The molecule has 0 N–H and O–H groups in total. The van der Waals surface area contributed by atoms with Gasteiger partial charge < -0.3 is 9.47 Å². The lowest BCUT2D eigenvalue weighted by Gasteiger charge is -2.10. The van der Waals surface area contributed by atoms with Gasteiger partial charge in [-0.1, -0.05) is 0 Å². The molecule has 0 heterocycles. The van der Waals surface area contributed by atoms with E-state index in [-0.39, 0.29) is 5.75 Å². The molecule has 0 aliphatic carbocycles. The van der Waals surface area contributed by atoms with Crippen molar-refractivity contribution in [3.05, 3.63) is 22.2 Å². The molecule has 4 nitrogen and oxygen atoms in total. The highest BCUT2D eigenvalue weighted by Crippen LogP contribution is 2.37. The maximum Gasteiger partial charge on any atom is 0.308 e. The van der Waals surface area contributed by atoms with Gasteiger partial charge in [0.2, 0.25) is 0 Å². The SMILES string of the molecule is COc1ccc(C#N)c(Br)c1OC(C)=O. The lowest BCUT2D eigenvalue weighted by atomic mass is 10.2. The number of nitriles is 1. The van der Waals surface area contributed by atoms with Gasteiger partial charge in [-0.15, -0.1) is 0 Å². The maximum absolute atomic E-state index is 10.9. The molecule has 0 fully saturated rings. The van der Waals surface area contributed by atoms with Gasteiger partial charge in [0.25, 0.3) is 0 Å². The first-order valence-corrected chi connectivity index (χ1v) is 4.84. The van der Waals surface area contributed by atoms with E-state index in [9.17, 15) is 4.79 Å². The number of methoxy groups -OCH3 is 1. The molecule has 0 aromatic heterocycles. The van der Waals surface area contributed by atoms with Gasteiger partial charge in [0.15, 0.2) is 11.5 Å². The predicted molar refractivity (Wildman–Crippen MR) is 56.7 cm³/mol. The smallest absolute Gasteiger partial charge is 0.308 e. The Morgan fingerprint density at radius 3 is 2.67 bits per heavy atom. The summed E-state index contributed by atoms with van der Waals surface area (Å²) in [5, 5.41) is 8.78. The van der Waals surface area contributed by atoms with Crippen LogP contribution >= 0.6 is 15.9 Å². The van der Waals surface area contributed by atoms with E-state index in [0.717, 1.165) is 0 Å². The minimum atomic E-state index is -0.468. The zero-order valence-corrected chi connectivity index (χ0v) is 9.79. The molecule has 78 valence electrons. The summed E-state index contributed by atoms with van der Waals surface area (Å²) in [6.45, 7) is 1.28. The highest BCUT2D eigenvalue weighted by atomic mass is 79.9. The fourth-order valence-corrected chi connectivity index (χ4v) is 1.52. The summed E-state index contributed by atoms with van der Waals surface area (Å²) in [6.07, 6.45) is 0. The maximum atomic E-state index is 10.9. The highest BCUT2D eigenvalue weighted by molar-refractivity contribution is 9.10. The molecule has 0 unspecified atom stereocenters. The number of carbonyl (C=O) groups is 1. The molecule has 1 aromatic carbocycles. The van der Waals surface area contributed by atoms with E-state index >= 15 is 0 Å². The summed E-state index contributed by atoms with van der Waals surface area (Å²) < 4.78 is 10.4. The first kappa shape index (κ1) is 11.5. The van der Waals surface area contributed by atoms with Crippen LogP contribution in [-0.2, 0) is 4.79 Å². The van der Waals surface area contributed by atoms with Crippen LogP contribution in [0.1, 0.15) is 12.5 Å². The Morgan fingerprint density at radius 2 is 2.20 bits per heavy atom. The molecule has 15 heavy (non-hydrogen) atoms. The van der Waals surface area contributed by atoms with Crippen LogP contribution in [0.3, 0.4) is 0 Å². The number of carbonyl (C=O) groups excluding carboxylic acids is 1. The normalized spacial score (nSPS) is 9.20. The van der Waals surface area contributed by atoms with Gasteiger partial charge in [0.05, 0.1) is 17.1 Å². The van der Waals surface area contributed by atoms with Gasteiger partial charge in [-0.25, -0.2) is 0 Å². The van der Waals surface area contributed by atoms with Gasteiger partial charge in [-0.05, 0) is 28.1 Å². The minimum Gasteiger partial charge on any atom is -0.493 e. The van der Waals surface area contributed by atoms with E-state index in [1.54, 1.807) is 12.1 Å². The van der Waals surface area contributed by atoms with Gasteiger partial charge in [0.1, 0.15) is 6.07 Å². The number of esters is 1. The van der Waals surface area contributed by atoms with Crippen LogP contribution in [0.25, 0.3) is 0 Å². The summed E-state index contributed by atoms with van der Waals surface area (Å²) in [5.41, 5.74) is 0.382. The second-order valence-corrected chi connectivity index (χ2v) is 3.46. The van der Waals surface area contributed by atoms with Crippen molar-refractivity contribution in [2.75, 3.05) is 7.11 Å². The second kappa shape index (κ2) is 4.80. The molecule has 0 bridgehead atoms. The van der Waals surface area contributed by atoms with Crippen LogP contribution in [0.2, 0.25) is 0 Å². The third-order valence-electron chi connectivity index (χ3n) is 1.65. The van der Waals surface area contributed by atoms with Crippen molar-refractivity contribution in [2.24, 2.45) is 0 Å². The van der Waals surface area contributed by atoms with Crippen molar-refractivity contribution < 1.29 is 14.3 Å². The molecule has 0 atom stereocenters. The third kappa shape index (κ3) is 2.48. The van der Waals surface area contributed by atoms with Gasteiger partial charge >= 0.3 is 5.97 Å². The molecule has 0 amide bonds. The van der Waals surface area contributed by atoms with Crippen LogP contribution < -0.4 is 9.47 Å². The van der Waals surface area contributed by atoms with E-state index in [4.69, 9.17) is 14.7 Å². The van der Waals surface area contributed by atoms with Crippen LogP contribution in [0.4, 0.5) is 0 Å². The van der Waals surface area contributed by atoms with Crippen molar-refractivity contribution in [2.45, 2.75) is 6.92 Å². The monoisotopic (exact) mass is 269 g/mol. The van der Waals surface area contributed by atoms with Gasteiger partial charge in [-0.3, -0.25) is 4.79 Å². The van der Waals surface area contributed by atoms with Crippen molar-refractivity contribution in [3.8, 4) is 17.6 Å².